The topological polar surface area (TPSA) is 195 Å². The maximum Gasteiger partial charge on any atom is 0.337 e. The van der Waals surface area contributed by atoms with Crippen LogP contribution in [0, 0.1) is 139 Å². The van der Waals surface area contributed by atoms with Crippen LogP contribution < -0.4 is 0 Å². The zero-order valence-electron chi connectivity index (χ0n) is 75.6. The number of aliphatic hydroxyl groups is 2. The molecule has 0 aromatic rings. The first-order valence-corrected chi connectivity index (χ1v) is 47.3. The zero-order chi connectivity index (χ0) is 83.2. The van der Waals surface area contributed by atoms with E-state index in [4.69, 9.17) is 33.9 Å². The predicted molar refractivity (Wildman–Crippen MR) is 476 cm³/mol. The van der Waals surface area contributed by atoms with Gasteiger partial charge in [0.15, 0.2) is 5.78 Å². The van der Waals surface area contributed by atoms with Crippen molar-refractivity contribution in [2.45, 2.75) is 380 Å². The molecule has 664 valence electrons. The van der Waals surface area contributed by atoms with E-state index in [-0.39, 0.29) is 62.7 Å². The number of hydrogen-bond acceptors (Lipinski definition) is 11. The number of carboxylic acid groups (broad SMARTS) is 2. The van der Waals surface area contributed by atoms with Gasteiger partial charge in [0, 0.05) is 20.3 Å². The normalized spacial score (nSPS) is 38.1. The van der Waals surface area contributed by atoms with Crippen molar-refractivity contribution in [1.29, 1.82) is 0 Å². The van der Waals surface area contributed by atoms with Gasteiger partial charge in [-0.1, -0.05) is 216 Å². The van der Waals surface area contributed by atoms with E-state index in [2.05, 4.69) is 122 Å². The van der Waals surface area contributed by atoms with Crippen molar-refractivity contribution in [3.63, 3.8) is 0 Å². The van der Waals surface area contributed by atoms with Crippen molar-refractivity contribution in [2.24, 2.45) is 139 Å². The third-order valence-corrected chi connectivity index (χ3v) is 34.8. The third kappa shape index (κ3) is 22.6. The molecule has 14 heteroatoms. The average Bonchev–Trinajstić information content (AvgIpc) is 1.67. The summed E-state index contributed by atoms with van der Waals surface area (Å²) in [7, 11) is 0. The number of carbonyl (C=O) groups is 4. The molecule has 13 rings (SSSR count). The van der Waals surface area contributed by atoms with Crippen LogP contribution in [0.4, 0.5) is 0 Å². The molecular formula is C103H167ClO13. The molecule has 0 aromatic carbocycles. The monoisotopic (exact) mass is 1650 g/mol. The lowest BCUT2D eigenvalue weighted by Crippen LogP contribution is -2.51. The minimum Gasteiger partial charge on any atom is -0.508 e. The third-order valence-electron chi connectivity index (χ3n) is 34.8. The molecule has 0 saturated heterocycles. The number of aliphatic carboxylic acids is 2. The highest BCUT2D eigenvalue weighted by Crippen LogP contribution is 2.71. The average molecular weight is 1650 g/mol. The number of halogens is 1. The minimum atomic E-state index is -1.15. The minimum absolute atomic E-state index is 0. The Hall–Kier alpha value is -4.01. The van der Waals surface area contributed by atoms with Gasteiger partial charge < -0.3 is 44.1 Å². The van der Waals surface area contributed by atoms with E-state index < -0.39 is 36.2 Å². The van der Waals surface area contributed by atoms with Gasteiger partial charge in [-0.3, -0.25) is 9.59 Å². The molecule has 0 amide bonds. The smallest absolute Gasteiger partial charge is 0.337 e. The zero-order valence-corrected chi connectivity index (χ0v) is 76.5. The van der Waals surface area contributed by atoms with Crippen LogP contribution >= 0.6 is 12.4 Å². The van der Waals surface area contributed by atoms with Crippen LogP contribution in [0.1, 0.15) is 350 Å². The first-order chi connectivity index (χ1) is 54.4. The molecule has 9 fully saturated rings. The molecule has 1 heterocycles. The largest absolute Gasteiger partial charge is 0.508 e. The molecule has 117 heavy (non-hydrogen) atoms. The summed E-state index contributed by atoms with van der Waals surface area (Å²) in [4.78, 5) is 44.7. The van der Waals surface area contributed by atoms with Gasteiger partial charge >= 0.3 is 17.9 Å². The number of rotatable bonds is 31. The number of carbonyl (C=O) groups excluding carboxylic acids is 2. The van der Waals surface area contributed by atoms with Gasteiger partial charge in [-0.05, 0) is 305 Å². The molecule has 1 aliphatic heterocycles. The van der Waals surface area contributed by atoms with Crippen LogP contribution in [0.3, 0.4) is 0 Å². The van der Waals surface area contributed by atoms with E-state index >= 15 is 0 Å². The number of cyclic esters (lactones) is 1. The van der Waals surface area contributed by atoms with Gasteiger partial charge in [-0.25, -0.2) is 9.59 Å². The summed E-state index contributed by atoms with van der Waals surface area (Å²) in [5.41, 5.74) is 7.41. The number of esters is 1. The molecule has 0 spiro atoms. The highest BCUT2D eigenvalue weighted by Gasteiger charge is 2.63. The van der Waals surface area contributed by atoms with Crippen molar-refractivity contribution in [3.05, 3.63) is 82.9 Å². The molecule has 10 unspecified atom stereocenters. The molecule has 13 nitrogen and oxygen atoms in total. The molecule has 4 N–H and O–H groups in total. The second-order valence-corrected chi connectivity index (χ2v) is 43.6. The van der Waals surface area contributed by atoms with Crippen molar-refractivity contribution < 1.29 is 63.3 Å². The van der Waals surface area contributed by atoms with E-state index in [9.17, 15) is 29.4 Å². The van der Waals surface area contributed by atoms with Gasteiger partial charge in [0.1, 0.15) is 17.9 Å². The van der Waals surface area contributed by atoms with Crippen LogP contribution in [0.5, 0.6) is 0 Å². The summed E-state index contributed by atoms with van der Waals surface area (Å²) in [5.74, 6) is 11.6. The van der Waals surface area contributed by atoms with Gasteiger partial charge in [0.05, 0.1) is 56.4 Å². The van der Waals surface area contributed by atoms with E-state index in [1.165, 1.54) is 192 Å². The Labute approximate surface area is 717 Å². The number of allylic oxidation sites excluding steroid dienone is 5. The van der Waals surface area contributed by atoms with Crippen LogP contribution in [0.15, 0.2) is 82.9 Å². The fourth-order valence-corrected chi connectivity index (χ4v) is 28.9. The second-order valence-electron chi connectivity index (χ2n) is 43.6. The quantitative estimate of drug-likeness (QED) is 0.0128. The predicted octanol–water partition coefficient (Wildman–Crippen LogP) is 25.9. The Bertz CT molecular complexity index is 3520. The van der Waals surface area contributed by atoms with Crippen molar-refractivity contribution in [3.8, 4) is 0 Å². The lowest BCUT2D eigenvalue weighted by molar-refractivity contribution is -0.207. The number of fused-ring (bicyclic) bond motifs is 15. The van der Waals surface area contributed by atoms with Crippen LogP contribution in [0.2, 0.25) is 0 Å². The Kier molecular flexibility index (Phi) is 34.1. The van der Waals surface area contributed by atoms with Gasteiger partial charge in [0.2, 0.25) is 5.79 Å². The van der Waals surface area contributed by atoms with Crippen molar-refractivity contribution in [2.75, 3.05) is 19.8 Å². The fraction of sp³-hybridized carbons (Fsp3) is 0.825. The molecule has 25 atom stereocenters. The molecule has 13 aliphatic rings. The van der Waals surface area contributed by atoms with Crippen molar-refractivity contribution in [1.82, 2.24) is 0 Å². The molecule has 9 saturated carbocycles. The Morgan fingerprint density at radius 3 is 1.20 bits per heavy atom. The van der Waals surface area contributed by atoms with Crippen LogP contribution in [-0.4, -0.2) is 94.1 Å². The number of carboxylic acids is 2. The highest BCUT2D eigenvalue weighted by molar-refractivity contribution is 6.01. The van der Waals surface area contributed by atoms with E-state index in [0.717, 1.165) is 151 Å². The lowest BCUT2D eigenvalue weighted by Gasteiger charge is -2.58. The first-order valence-electron chi connectivity index (χ1n) is 47.3. The van der Waals surface area contributed by atoms with Gasteiger partial charge in [-0.2, -0.15) is 0 Å². The molecular weight excluding hydrogens is 1480 g/mol. The fourth-order valence-electron chi connectivity index (χ4n) is 28.9. The summed E-state index contributed by atoms with van der Waals surface area (Å²) < 4.78 is 29.4. The first kappa shape index (κ1) is 96.8. The van der Waals surface area contributed by atoms with Crippen molar-refractivity contribution >= 4 is 36.1 Å². The standard InChI is InChI=1S/C36H58O5.2C33H52O4.CH4.ClH/c1-23(2)9-8-10-24(3)30-13-14-31-29-12-11-25-19-27(15-17-35(25,6)32(29)16-18-36(30,31)7)39-22-26(37)20-28-21-33(38)41-34(4,5)40-28;2*1-22(2)8-6-9-23(3)28-13-14-29-27-12-11-24-20-26(37-19-7-10-25(34)21-31(35)36)15-17-32(24,4)30(27)16-18-33(28,29)5;;/h11,21,23-24,26-27,29-32,37H,8-10,12-20,22H2,1-7H3;7,10-11,22-23,26-30H,6,8-9,12-21H2,1-5H3,(H,35,36);7,10-11,21-23,26-30,34H,6,8-9,12-20H2,1-5H3,(H,35,36);1H4;1H/b;10-7+;10-7+,25-21-;;/t24-,26?,27+,29?,30-,31?,32?,35+,36-;2*23-,26+,27?,28-,29?,30?,32+,33-;;/m111../s1. The molecule has 0 radical (unpaired) electrons. The molecule has 0 aromatic heterocycles. The number of ether oxygens (including phenoxy) is 5. The second kappa shape index (κ2) is 41.2. The van der Waals surface area contributed by atoms with E-state index in [0.29, 0.717) is 51.5 Å². The number of hydrogen-bond donors (Lipinski definition) is 4. The van der Waals surface area contributed by atoms with Crippen LogP contribution in [-0.2, 0) is 42.9 Å². The maximum absolute atomic E-state index is 11.8. The summed E-state index contributed by atoms with van der Waals surface area (Å²) in [5, 5.41) is 37.6. The summed E-state index contributed by atoms with van der Waals surface area (Å²) in [6.45, 7) is 42.0. The van der Waals surface area contributed by atoms with Gasteiger partial charge in [0.25, 0.3) is 0 Å². The van der Waals surface area contributed by atoms with Crippen LogP contribution in [0.25, 0.3) is 0 Å². The Morgan fingerprint density at radius 2 is 0.846 bits per heavy atom. The highest BCUT2D eigenvalue weighted by atomic mass is 35.5. The number of aliphatic hydroxyl groups excluding tert-OH is 2. The SMILES string of the molecule is C.CC(C)CCC[C@@H](C)[C@H]1CCC2C3CC=C4C[C@@H](OC/C=C/C(=O)CC(=O)O)CC[C@]4(C)C3CC[C@@]21C.CC(C)CCC[C@@H](C)[C@H]1CCC2C3CC=C4C[C@@H](OC/C=C/C(O)=C/C(=O)O)CC[C@]4(C)C3CC[C@@]21C.CC(C)CCC[C@@H](C)[C@H]1CCC2C3CC=C4C[C@@H](OCC(O)CC5=CC(=O)OC(C)(C)O5)CC[C@]4(C)C3CC[C@@]21C.Cl. The maximum atomic E-state index is 11.8. The Balaban J connectivity index is 0.000000199. The molecule has 12 aliphatic carbocycles. The molecule has 0 bridgehead atoms. The summed E-state index contributed by atoms with van der Waals surface area (Å²) in [6, 6.07) is 0. The summed E-state index contributed by atoms with van der Waals surface area (Å²) >= 11 is 0. The Morgan fingerprint density at radius 1 is 0.479 bits per heavy atom. The van der Waals surface area contributed by atoms with Gasteiger partial charge in [-0.15, -0.1) is 12.4 Å². The van der Waals surface area contributed by atoms with E-state index in [1.807, 2.05) is 0 Å². The lowest BCUT2D eigenvalue weighted by atomic mass is 9.47. The number of ketones is 1. The summed E-state index contributed by atoms with van der Waals surface area (Å²) in [6.07, 6.45) is 58.9. The van der Waals surface area contributed by atoms with E-state index in [1.54, 1.807) is 42.7 Å².